The van der Waals surface area contributed by atoms with Gasteiger partial charge in [-0.3, -0.25) is 4.79 Å². The first kappa shape index (κ1) is 18.4. The van der Waals surface area contributed by atoms with Crippen molar-refractivity contribution in [3.8, 4) is 0 Å². The number of hydrogen-bond acceptors (Lipinski definition) is 4. The Morgan fingerprint density at radius 2 is 1.88 bits per heavy atom. The van der Waals surface area contributed by atoms with Gasteiger partial charge in [-0.05, 0) is 48.4 Å². The molecule has 2 aromatic carbocycles. The van der Waals surface area contributed by atoms with Gasteiger partial charge in [0.1, 0.15) is 0 Å². The van der Waals surface area contributed by atoms with E-state index in [4.69, 9.17) is 9.47 Å². The van der Waals surface area contributed by atoms with Gasteiger partial charge in [0.05, 0.1) is 13.2 Å². The highest BCUT2D eigenvalue weighted by Crippen LogP contribution is 2.13. The van der Waals surface area contributed by atoms with E-state index < -0.39 is 0 Å². The number of ether oxygens (including phenoxy) is 2. The molecule has 0 atom stereocenters. The Morgan fingerprint density at radius 3 is 2.56 bits per heavy atom. The minimum atomic E-state index is -0.379. The summed E-state index contributed by atoms with van der Waals surface area (Å²) in [4.78, 5) is 23.6. The molecule has 130 valence electrons. The molecule has 0 aliphatic carbocycles. The molecule has 25 heavy (non-hydrogen) atoms. The summed E-state index contributed by atoms with van der Waals surface area (Å²) in [6.45, 7) is 2.57. The van der Waals surface area contributed by atoms with Gasteiger partial charge in [-0.1, -0.05) is 24.3 Å². The van der Waals surface area contributed by atoms with E-state index in [1.54, 1.807) is 44.4 Å². The number of amides is 1. The quantitative estimate of drug-likeness (QED) is 0.617. The molecule has 2 aromatic rings. The van der Waals surface area contributed by atoms with E-state index in [1.807, 2.05) is 24.3 Å². The monoisotopic (exact) mass is 339 g/mol. The summed E-state index contributed by atoms with van der Waals surface area (Å²) in [5.41, 5.74) is 3.03. The predicted octanol–water partition coefficient (Wildman–Crippen LogP) is 3.66. The fourth-order valence-electron chi connectivity index (χ4n) is 2.20. The third-order valence-corrected chi connectivity index (χ3v) is 3.37. The number of carbonyl (C=O) groups excluding carboxylic acids is 2. The van der Waals surface area contributed by atoms with Crippen molar-refractivity contribution in [1.82, 2.24) is 0 Å². The molecule has 0 radical (unpaired) electrons. The maximum absolute atomic E-state index is 12.3. The molecule has 1 N–H and O–H groups in total. The normalized spacial score (nSPS) is 10.6. The van der Waals surface area contributed by atoms with Gasteiger partial charge in [0.15, 0.2) is 0 Å². The SMILES string of the molecule is CCOC(=O)/C=C/c1ccc(NC(=O)c2cccc(COC)c2)cc1. The van der Waals surface area contributed by atoms with Crippen LogP contribution in [-0.2, 0) is 20.9 Å². The molecule has 0 saturated carbocycles. The molecule has 0 aromatic heterocycles. The number of rotatable bonds is 7. The Kier molecular flexibility index (Phi) is 6.92. The van der Waals surface area contributed by atoms with Crippen LogP contribution >= 0.6 is 0 Å². The molecule has 0 aliphatic heterocycles. The molecule has 0 spiro atoms. The van der Waals surface area contributed by atoms with Crippen molar-refractivity contribution in [2.45, 2.75) is 13.5 Å². The minimum absolute atomic E-state index is 0.187. The number of anilines is 1. The maximum atomic E-state index is 12.3. The molecule has 0 unspecified atom stereocenters. The van der Waals surface area contributed by atoms with Gasteiger partial charge in [0.2, 0.25) is 0 Å². The first-order valence-corrected chi connectivity index (χ1v) is 7.96. The molecule has 0 heterocycles. The fraction of sp³-hybridized carbons (Fsp3) is 0.200. The van der Waals surface area contributed by atoms with E-state index in [1.165, 1.54) is 6.08 Å². The van der Waals surface area contributed by atoms with Gasteiger partial charge in [-0.2, -0.15) is 0 Å². The van der Waals surface area contributed by atoms with Crippen molar-refractivity contribution in [2.24, 2.45) is 0 Å². The van der Waals surface area contributed by atoms with Crippen molar-refractivity contribution in [2.75, 3.05) is 19.0 Å². The summed E-state index contributed by atoms with van der Waals surface area (Å²) in [7, 11) is 1.62. The van der Waals surface area contributed by atoms with Crippen LogP contribution < -0.4 is 5.32 Å². The van der Waals surface area contributed by atoms with Gasteiger partial charge < -0.3 is 14.8 Å². The van der Waals surface area contributed by atoms with Crippen LogP contribution in [0.3, 0.4) is 0 Å². The van der Waals surface area contributed by atoms with Crippen LogP contribution in [-0.4, -0.2) is 25.6 Å². The zero-order chi connectivity index (χ0) is 18.1. The second kappa shape index (κ2) is 9.39. The standard InChI is InChI=1S/C20H21NO4/c1-3-25-19(22)12-9-15-7-10-18(11-8-15)21-20(23)17-6-4-5-16(13-17)14-24-2/h4-13H,3,14H2,1-2H3,(H,21,23)/b12-9+. The molecule has 0 bridgehead atoms. The second-order valence-electron chi connectivity index (χ2n) is 5.29. The van der Waals surface area contributed by atoms with Crippen LogP contribution in [0.4, 0.5) is 5.69 Å². The number of methoxy groups -OCH3 is 1. The average molecular weight is 339 g/mol. The highest BCUT2D eigenvalue weighted by atomic mass is 16.5. The van der Waals surface area contributed by atoms with E-state index in [9.17, 15) is 9.59 Å². The first-order valence-electron chi connectivity index (χ1n) is 7.96. The third kappa shape index (κ3) is 5.90. The smallest absolute Gasteiger partial charge is 0.330 e. The van der Waals surface area contributed by atoms with Crippen LogP contribution in [0.25, 0.3) is 6.08 Å². The molecule has 2 rings (SSSR count). The zero-order valence-electron chi connectivity index (χ0n) is 14.3. The van der Waals surface area contributed by atoms with E-state index in [-0.39, 0.29) is 11.9 Å². The number of benzene rings is 2. The summed E-state index contributed by atoms with van der Waals surface area (Å²) in [6.07, 6.45) is 3.04. The van der Waals surface area contributed by atoms with E-state index in [0.29, 0.717) is 24.5 Å². The largest absolute Gasteiger partial charge is 0.463 e. The Hall–Kier alpha value is -2.92. The molecular formula is C20H21NO4. The van der Waals surface area contributed by atoms with E-state index in [0.717, 1.165) is 11.1 Å². The molecule has 5 nitrogen and oxygen atoms in total. The number of esters is 1. The number of nitrogens with one attached hydrogen (secondary N) is 1. The molecule has 0 aliphatic rings. The first-order chi connectivity index (χ1) is 12.1. The van der Waals surface area contributed by atoms with Crippen molar-refractivity contribution >= 4 is 23.6 Å². The average Bonchev–Trinajstić information content (AvgIpc) is 2.62. The number of carbonyl (C=O) groups is 2. The van der Waals surface area contributed by atoms with Crippen LogP contribution in [0.5, 0.6) is 0 Å². The fourth-order valence-corrected chi connectivity index (χ4v) is 2.20. The molecule has 1 amide bonds. The number of hydrogen-bond donors (Lipinski definition) is 1. The lowest BCUT2D eigenvalue weighted by Crippen LogP contribution is -2.12. The lowest BCUT2D eigenvalue weighted by Gasteiger charge is -2.07. The molecular weight excluding hydrogens is 318 g/mol. The second-order valence-corrected chi connectivity index (χ2v) is 5.29. The van der Waals surface area contributed by atoms with Gasteiger partial charge >= 0.3 is 5.97 Å². The summed E-state index contributed by atoms with van der Waals surface area (Å²) >= 11 is 0. The summed E-state index contributed by atoms with van der Waals surface area (Å²) in [6, 6.07) is 14.5. The molecule has 5 heteroatoms. The Morgan fingerprint density at radius 1 is 1.12 bits per heavy atom. The van der Waals surface area contributed by atoms with E-state index >= 15 is 0 Å². The van der Waals surface area contributed by atoms with Gasteiger partial charge in [-0.15, -0.1) is 0 Å². The Labute approximate surface area is 147 Å². The van der Waals surface area contributed by atoms with Crippen LogP contribution in [0.2, 0.25) is 0 Å². The maximum Gasteiger partial charge on any atom is 0.330 e. The summed E-state index contributed by atoms with van der Waals surface area (Å²) < 4.78 is 9.90. The van der Waals surface area contributed by atoms with Crippen molar-refractivity contribution in [1.29, 1.82) is 0 Å². The minimum Gasteiger partial charge on any atom is -0.463 e. The Bertz CT molecular complexity index is 751. The molecule has 0 saturated heterocycles. The lowest BCUT2D eigenvalue weighted by atomic mass is 10.1. The van der Waals surface area contributed by atoms with E-state index in [2.05, 4.69) is 5.32 Å². The van der Waals surface area contributed by atoms with Gasteiger partial charge in [-0.25, -0.2) is 4.79 Å². The van der Waals surface area contributed by atoms with Gasteiger partial charge in [0.25, 0.3) is 5.91 Å². The van der Waals surface area contributed by atoms with Crippen LogP contribution in [0.15, 0.2) is 54.6 Å². The zero-order valence-corrected chi connectivity index (χ0v) is 14.3. The lowest BCUT2D eigenvalue weighted by molar-refractivity contribution is -0.137. The van der Waals surface area contributed by atoms with Crippen molar-refractivity contribution in [3.63, 3.8) is 0 Å². The summed E-state index contributed by atoms with van der Waals surface area (Å²) in [5.74, 6) is -0.566. The Balaban J connectivity index is 1.99. The highest BCUT2D eigenvalue weighted by Gasteiger charge is 2.07. The molecule has 0 fully saturated rings. The van der Waals surface area contributed by atoms with Crippen LogP contribution in [0.1, 0.15) is 28.4 Å². The van der Waals surface area contributed by atoms with Crippen molar-refractivity contribution < 1.29 is 19.1 Å². The highest BCUT2D eigenvalue weighted by molar-refractivity contribution is 6.04. The predicted molar refractivity (Wildman–Crippen MR) is 97.2 cm³/mol. The topological polar surface area (TPSA) is 64.6 Å². The van der Waals surface area contributed by atoms with Gasteiger partial charge in [0, 0.05) is 24.4 Å². The summed E-state index contributed by atoms with van der Waals surface area (Å²) in [5, 5.41) is 2.84. The van der Waals surface area contributed by atoms with Crippen molar-refractivity contribution in [3.05, 3.63) is 71.3 Å². The third-order valence-electron chi connectivity index (χ3n) is 3.37. The van der Waals surface area contributed by atoms with Crippen LogP contribution in [0, 0.1) is 0 Å².